The van der Waals surface area contributed by atoms with Gasteiger partial charge in [-0.05, 0) is 54.9 Å². The number of nitrogens with zero attached hydrogens (tertiary/aromatic N) is 3. The maximum absolute atomic E-state index is 4.03. The third kappa shape index (κ3) is 2.32. The Kier molecular flexibility index (Phi) is 2.50. The lowest BCUT2D eigenvalue weighted by atomic mass is 10.1. The molecule has 4 rings (SSSR count). The summed E-state index contributed by atoms with van der Waals surface area (Å²) in [6, 6.07) is 8.97. The van der Waals surface area contributed by atoms with Crippen LogP contribution in [0.5, 0.6) is 0 Å². The van der Waals surface area contributed by atoms with Gasteiger partial charge >= 0.3 is 0 Å². The minimum atomic E-state index is 0.651. The Morgan fingerprint density at radius 2 is 1.95 bits per heavy atom. The first-order chi connectivity index (χ1) is 9.40. The van der Waals surface area contributed by atoms with Crippen molar-refractivity contribution < 1.29 is 0 Å². The Morgan fingerprint density at radius 1 is 1.16 bits per heavy atom. The van der Waals surface area contributed by atoms with Crippen LogP contribution >= 0.6 is 0 Å². The van der Waals surface area contributed by atoms with Crippen molar-refractivity contribution in [3.63, 3.8) is 0 Å². The molecule has 0 radical (unpaired) electrons. The Morgan fingerprint density at radius 3 is 2.58 bits per heavy atom. The number of aromatic amines is 1. The molecule has 1 aromatic heterocycles. The van der Waals surface area contributed by atoms with E-state index in [-0.39, 0.29) is 0 Å². The molecule has 2 aromatic rings. The molecular weight excluding hydrogens is 238 g/mol. The van der Waals surface area contributed by atoms with Crippen molar-refractivity contribution in [2.45, 2.75) is 31.7 Å². The van der Waals surface area contributed by atoms with Crippen LogP contribution in [0.25, 0.3) is 11.4 Å². The van der Waals surface area contributed by atoms with Gasteiger partial charge in [-0.2, -0.15) is 5.21 Å². The lowest BCUT2D eigenvalue weighted by Gasteiger charge is -2.19. The maximum Gasteiger partial charge on any atom is 0.204 e. The number of nitrogens with one attached hydrogen (secondary N) is 2. The van der Waals surface area contributed by atoms with Crippen molar-refractivity contribution in [3.05, 3.63) is 24.3 Å². The lowest BCUT2D eigenvalue weighted by Crippen LogP contribution is -2.24. The smallest absolute Gasteiger partial charge is 0.204 e. The second-order valence-corrected chi connectivity index (χ2v) is 5.66. The molecule has 0 spiro atoms. The molecule has 2 aliphatic rings. The summed E-state index contributed by atoms with van der Waals surface area (Å²) in [5.74, 6) is 2.43. The van der Waals surface area contributed by atoms with Crippen molar-refractivity contribution in [3.8, 4) is 11.4 Å². The third-order valence-corrected chi connectivity index (χ3v) is 4.06. The molecule has 0 aliphatic heterocycles. The van der Waals surface area contributed by atoms with E-state index in [1.807, 2.05) is 12.1 Å². The van der Waals surface area contributed by atoms with Crippen molar-refractivity contribution in [1.29, 1.82) is 0 Å². The van der Waals surface area contributed by atoms with E-state index in [0.717, 1.165) is 17.4 Å². The van der Waals surface area contributed by atoms with Gasteiger partial charge in [-0.3, -0.25) is 0 Å². The van der Waals surface area contributed by atoms with Crippen LogP contribution in [0.2, 0.25) is 0 Å². The SMILES string of the molecule is c1cc(NC(C2CC2)C2CC2)cc(-c2nn[nH]n2)c1. The predicted molar refractivity (Wildman–Crippen MR) is 72.5 cm³/mol. The number of H-pyrrole nitrogens is 1. The molecule has 0 atom stereocenters. The predicted octanol–water partition coefficient (Wildman–Crippen LogP) is 2.47. The number of anilines is 1. The first-order valence-corrected chi connectivity index (χ1v) is 7.00. The van der Waals surface area contributed by atoms with Gasteiger partial charge in [0, 0.05) is 17.3 Å². The van der Waals surface area contributed by atoms with Gasteiger partial charge in [-0.25, -0.2) is 0 Å². The number of hydrogen-bond donors (Lipinski definition) is 2. The molecule has 2 fully saturated rings. The van der Waals surface area contributed by atoms with E-state index < -0.39 is 0 Å². The Balaban J connectivity index is 1.55. The summed E-state index contributed by atoms with van der Waals surface area (Å²) in [6.45, 7) is 0. The average molecular weight is 255 g/mol. The summed E-state index contributed by atoms with van der Waals surface area (Å²) in [5, 5.41) is 17.9. The van der Waals surface area contributed by atoms with E-state index in [4.69, 9.17) is 0 Å². The second-order valence-electron chi connectivity index (χ2n) is 5.66. The van der Waals surface area contributed by atoms with E-state index in [0.29, 0.717) is 11.9 Å². The number of hydrogen-bond acceptors (Lipinski definition) is 4. The number of rotatable bonds is 5. The van der Waals surface area contributed by atoms with Crippen molar-refractivity contribution >= 4 is 5.69 Å². The summed E-state index contributed by atoms with van der Waals surface area (Å²) in [4.78, 5) is 0. The maximum atomic E-state index is 4.03. The van der Waals surface area contributed by atoms with Crippen LogP contribution in [0.1, 0.15) is 25.7 Å². The van der Waals surface area contributed by atoms with E-state index >= 15 is 0 Å². The lowest BCUT2D eigenvalue weighted by molar-refractivity contribution is 0.568. The highest BCUT2D eigenvalue weighted by Gasteiger charge is 2.41. The number of tetrazole rings is 1. The summed E-state index contributed by atoms with van der Waals surface area (Å²) in [5.41, 5.74) is 2.18. The Bertz CT molecular complexity index is 545. The van der Waals surface area contributed by atoms with Crippen LogP contribution in [0.3, 0.4) is 0 Å². The molecule has 0 amide bonds. The fourth-order valence-electron chi connectivity index (χ4n) is 2.76. The molecule has 0 bridgehead atoms. The summed E-state index contributed by atoms with van der Waals surface area (Å²) >= 11 is 0. The monoisotopic (exact) mass is 255 g/mol. The molecule has 5 nitrogen and oxygen atoms in total. The normalized spacial score (nSPS) is 18.8. The first kappa shape index (κ1) is 11.0. The van der Waals surface area contributed by atoms with Gasteiger partial charge in [-0.1, -0.05) is 12.1 Å². The number of aromatic nitrogens is 4. The van der Waals surface area contributed by atoms with Crippen molar-refractivity contribution in [2.24, 2.45) is 11.8 Å². The van der Waals surface area contributed by atoms with Crippen LogP contribution in [0, 0.1) is 11.8 Å². The molecular formula is C14H17N5. The Hall–Kier alpha value is -1.91. The van der Waals surface area contributed by atoms with Gasteiger partial charge in [0.1, 0.15) is 0 Å². The van der Waals surface area contributed by atoms with Crippen LogP contribution in [0.4, 0.5) is 5.69 Å². The molecule has 0 unspecified atom stereocenters. The zero-order chi connectivity index (χ0) is 12.7. The van der Waals surface area contributed by atoms with Crippen LogP contribution in [-0.2, 0) is 0 Å². The van der Waals surface area contributed by atoms with Gasteiger partial charge in [0.05, 0.1) is 0 Å². The van der Waals surface area contributed by atoms with Gasteiger partial charge in [-0.15, -0.1) is 10.2 Å². The highest BCUT2D eigenvalue weighted by atomic mass is 15.5. The van der Waals surface area contributed by atoms with Crippen LogP contribution in [0.15, 0.2) is 24.3 Å². The molecule has 1 heterocycles. The topological polar surface area (TPSA) is 66.5 Å². The summed E-state index contributed by atoms with van der Waals surface area (Å²) < 4.78 is 0. The minimum Gasteiger partial charge on any atom is -0.382 e. The highest BCUT2D eigenvalue weighted by Crippen LogP contribution is 2.45. The van der Waals surface area contributed by atoms with E-state index in [1.54, 1.807) is 0 Å². The van der Waals surface area contributed by atoms with E-state index in [9.17, 15) is 0 Å². The van der Waals surface area contributed by atoms with E-state index in [1.165, 1.54) is 31.4 Å². The van der Waals surface area contributed by atoms with Crippen LogP contribution in [-0.4, -0.2) is 26.7 Å². The Labute approximate surface area is 111 Å². The minimum absolute atomic E-state index is 0.651. The molecule has 2 N–H and O–H groups in total. The molecule has 1 aromatic carbocycles. The van der Waals surface area contributed by atoms with Gasteiger partial charge in [0.2, 0.25) is 5.82 Å². The van der Waals surface area contributed by atoms with Gasteiger partial charge < -0.3 is 5.32 Å². The van der Waals surface area contributed by atoms with Crippen molar-refractivity contribution in [2.75, 3.05) is 5.32 Å². The molecule has 5 heteroatoms. The molecule has 2 saturated carbocycles. The standard InChI is InChI=1S/C14H17N5/c1-2-11(14-16-18-19-17-14)8-12(3-1)15-13(9-4-5-9)10-6-7-10/h1-3,8-10,13,15H,4-7H2,(H,16,17,18,19). The fraction of sp³-hybridized carbons (Fsp3) is 0.500. The first-order valence-electron chi connectivity index (χ1n) is 7.00. The quantitative estimate of drug-likeness (QED) is 0.861. The molecule has 98 valence electrons. The van der Waals surface area contributed by atoms with Gasteiger partial charge in [0.25, 0.3) is 0 Å². The molecule has 0 saturated heterocycles. The average Bonchev–Trinajstić information content (AvgIpc) is 3.36. The molecule has 2 aliphatic carbocycles. The fourth-order valence-corrected chi connectivity index (χ4v) is 2.76. The summed E-state index contributed by atoms with van der Waals surface area (Å²) in [6.07, 6.45) is 5.55. The molecule has 19 heavy (non-hydrogen) atoms. The van der Waals surface area contributed by atoms with E-state index in [2.05, 4.69) is 38.1 Å². The zero-order valence-corrected chi connectivity index (χ0v) is 10.7. The number of benzene rings is 1. The third-order valence-electron chi connectivity index (χ3n) is 4.06. The zero-order valence-electron chi connectivity index (χ0n) is 10.7. The largest absolute Gasteiger partial charge is 0.382 e. The van der Waals surface area contributed by atoms with Crippen molar-refractivity contribution in [1.82, 2.24) is 20.6 Å². The van der Waals surface area contributed by atoms with Crippen LogP contribution < -0.4 is 5.32 Å². The second kappa shape index (κ2) is 4.33. The van der Waals surface area contributed by atoms with Gasteiger partial charge in [0.15, 0.2) is 0 Å². The summed E-state index contributed by atoms with van der Waals surface area (Å²) in [7, 11) is 0. The highest BCUT2D eigenvalue weighted by molar-refractivity contribution is 5.62.